The van der Waals surface area contributed by atoms with Gasteiger partial charge in [0.25, 0.3) is 0 Å². The van der Waals surface area contributed by atoms with Crippen molar-refractivity contribution in [3.63, 3.8) is 0 Å². The summed E-state index contributed by atoms with van der Waals surface area (Å²) in [6.07, 6.45) is 3.36. The number of ether oxygens (including phenoxy) is 1. The van der Waals surface area contributed by atoms with Gasteiger partial charge in [-0.05, 0) is 29.8 Å². The molecule has 0 unspecified atom stereocenters. The fourth-order valence-corrected chi connectivity index (χ4v) is 1.82. The summed E-state index contributed by atoms with van der Waals surface area (Å²) in [5, 5.41) is 6.24. The summed E-state index contributed by atoms with van der Waals surface area (Å²) in [6.45, 7) is 1.59. The first-order valence-electron chi connectivity index (χ1n) is 7.00. The largest absolute Gasteiger partial charge is 0.490 e. The molecule has 1 heterocycles. The Bertz CT molecular complexity index is 610. The van der Waals surface area contributed by atoms with Gasteiger partial charge in [0, 0.05) is 19.8 Å². The van der Waals surface area contributed by atoms with E-state index in [4.69, 9.17) is 4.74 Å². The summed E-state index contributed by atoms with van der Waals surface area (Å²) < 4.78 is 18.6. The quantitative estimate of drug-likeness (QED) is 0.320. The van der Waals surface area contributed by atoms with Crippen LogP contribution < -0.4 is 15.4 Å². The lowest BCUT2D eigenvalue weighted by Gasteiger charge is -2.12. The smallest absolute Gasteiger partial charge is 0.191 e. The van der Waals surface area contributed by atoms with Crippen LogP contribution in [0.15, 0.2) is 53.8 Å². The highest BCUT2D eigenvalue weighted by Gasteiger charge is 1.99. The Morgan fingerprint density at radius 2 is 2.13 bits per heavy atom. The number of hydrogen-bond acceptors (Lipinski definition) is 3. The van der Waals surface area contributed by atoms with Crippen molar-refractivity contribution < 1.29 is 9.13 Å². The minimum absolute atomic E-state index is 0. The second-order valence-corrected chi connectivity index (χ2v) is 4.52. The van der Waals surface area contributed by atoms with Gasteiger partial charge >= 0.3 is 0 Å². The molecular formula is C16H20FIN4O. The van der Waals surface area contributed by atoms with Crippen molar-refractivity contribution in [3.8, 4) is 5.75 Å². The normalized spacial score (nSPS) is 10.6. The number of aliphatic imine (C=N–C) groups is 1. The molecule has 0 fully saturated rings. The molecule has 1 aromatic carbocycles. The lowest BCUT2D eigenvalue weighted by Crippen LogP contribution is -2.38. The highest BCUT2D eigenvalue weighted by Crippen LogP contribution is 2.05. The zero-order chi connectivity index (χ0) is 15.6. The van der Waals surface area contributed by atoms with Gasteiger partial charge in [-0.2, -0.15) is 0 Å². The zero-order valence-corrected chi connectivity index (χ0v) is 15.2. The number of guanidine groups is 1. The standard InChI is InChI=1S/C16H19FN4O.HI/c1-18-16(21-11-13-4-2-5-14(17)10-13)20-8-9-22-15-6-3-7-19-12-15;/h2-7,10,12H,8-9,11H2,1H3,(H2,18,20,21);1H. The minimum Gasteiger partial charge on any atom is -0.490 e. The molecule has 0 aliphatic rings. The molecule has 0 saturated heterocycles. The first kappa shape index (κ1) is 19.1. The fraction of sp³-hybridized carbons (Fsp3) is 0.250. The third kappa shape index (κ3) is 7.27. The summed E-state index contributed by atoms with van der Waals surface area (Å²) in [5.41, 5.74) is 0.856. The predicted molar refractivity (Wildman–Crippen MR) is 99.7 cm³/mol. The third-order valence-electron chi connectivity index (χ3n) is 2.87. The highest BCUT2D eigenvalue weighted by molar-refractivity contribution is 14.0. The van der Waals surface area contributed by atoms with E-state index < -0.39 is 0 Å². The van der Waals surface area contributed by atoms with Crippen molar-refractivity contribution in [2.45, 2.75) is 6.54 Å². The molecule has 2 N–H and O–H groups in total. The number of rotatable bonds is 6. The van der Waals surface area contributed by atoms with Crippen LogP contribution in [0.2, 0.25) is 0 Å². The number of halogens is 2. The number of aromatic nitrogens is 1. The lowest BCUT2D eigenvalue weighted by molar-refractivity contribution is 0.320. The number of nitrogens with zero attached hydrogens (tertiary/aromatic N) is 2. The van der Waals surface area contributed by atoms with Crippen LogP contribution in [0, 0.1) is 5.82 Å². The molecule has 0 spiro atoms. The predicted octanol–water partition coefficient (Wildman–Crippen LogP) is 2.58. The molecule has 2 rings (SSSR count). The van der Waals surface area contributed by atoms with Gasteiger partial charge in [-0.3, -0.25) is 9.98 Å². The molecule has 0 bridgehead atoms. The van der Waals surface area contributed by atoms with E-state index in [1.165, 1.54) is 12.1 Å². The molecule has 1 aromatic heterocycles. The Balaban J connectivity index is 0.00000264. The summed E-state index contributed by atoms with van der Waals surface area (Å²) in [5.74, 6) is 1.12. The molecule has 0 aliphatic heterocycles. The maximum atomic E-state index is 13.1. The topological polar surface area (TPSA) is 58.5 Å². The molecule has 0 atom stereocenters. The Kier molecular flexibility index (Phi) is 8.96. The monoisotopic (exact) mass is 430 g/mol. The van der Waals surface area contributed by atoms with Crippen LogP contribution in [0.4, 0.5) is 4.39 Å². The van der Waals surface area contributed by atoms with Crippen molar-refractivity contribution in [1.29, 1.82) is 0 Å². The van der Waals surface area contributed by atoms with Gasteiger partial charge in [-0.25, -0.2) is 4.39 Å². The van der Waals surface area contributed by atoms with E-state index in [9.17, 15) is 4.39 Å². The molecule has 7 heteroatoms. The average Bonchev–Trinajstić information content (AvgIpc) is 2.55. The number of benzene rings is 1. The van der Waals surface area contributed by atoms with Gasteiger partial charge in [0.05, 0.1) is 12.7 Å². The van der Waals surface area contributed by atoms with E-state index in [1.807, 2.05) is 18.2 Å². The van der Waals surface area contributed by atoms with Crippen LogP contribution in [0.25, 0.3) is 0 Å². The number of hydrogen-bond donors (Lipinski definition) is 2. The molecule has 23 heavy (non-hydrogen) atoms. The summed E-state index contributed by atoms with van der Waals surface area (Å²) in [4.78, 5) is 8.08. The van der Waals surface area contributed by atoms with E-state index in [0.717, 1.165) is 11.3 Å². The molecule has 124 valence electrons. The van der Waals surface area contributed by atoms with Gasteiger partial charge in [-0.1, -0.05) is 12.1 Å². The van der Waals surface area contributed by atoms with Gasteiger partial charge in [0.15, 0.2) is 5.96 Å². The van der Waals surface area contributed by atoms with E-state index in [2.05, 4.69) is 20.6 Å². The second kappa shape index (κ2) is 10.8. The van der Waals surface area contributed by atoms with Gasteiger partial charge in [0.1, 0.15) is 18.2 Å². The molecule has 0 amide bonds. The van der Waals surface area contributed by atoms with Crippen molar-refractivity contribution >= 4 is 29.9 Å². The van der Waals surface area contributed by atoms with Crippen LogP contribution in [0.1, 0.15) is 5.56 Å². The number of nitrogens with one attached hydrogen (secondary N) is 2. The summed E-state index contributed by atoms with van der Waals surface area (Å²) in [7, 11) is 1.68. The van der Waals surface area contributed by atoms with E-state index in [1.54, 1.807) is 25.5 Å². The maximum Gasteiger partial charge on any atom is 0.191 e. The minimum atomic E-state index is -0.243. The maximum absolute atomic E-state index is 13.1. The molecule has 5 nitrogen and oxygen atoms in total. The van der Waals surface area contributed by atoms with Crippen molar-refractivity contribution in [3.05, 3.63) is 60.2 Å². The molecule has 0 saturated carbocycles. The van der Waals surface area contributed by atoms with Gasteiger partial charge in [-0.15, -0.1) is 24.0 Å². The molecule has 0 aliphatic carbocycles. The van der Waals surface area contributed by atoms with Crippen LogP contribution in [0.5, 0.6) is 5.75 Å². The van der Waals surface area contributed by atoms with Crippen LogP contribution in [-0.4, -0.2) is 31.1 Å². The lowest BCUT2D eigenvalue weighted by atomic mass is 10.2. The zero-order valence-electron chi connectivity index (χ0n) is 12.8. The molecular weight excluding hydrogens is 410 g/mol. The van der Waals surface area contributed by atoms with Crippen molar-refractivity contribution in [1.82, 2.24) is 15.6 Å². The average molecular weight is 430 g/mol. The SMILES string of the molecule is CN=C(NCCOc1cccnc1)NCc1cccc(F)c1.I. The van der Waals surface area contributed by atoms with Crippen molar-refractivity contribution in [2.24, 2.45) is 4.99 Å². The van der Waals surface area contributed by atoms with Gasteiger partial charge in [0.2, 0.25) is 0 Å². The number of pyridine rings is 1. The van der Waals surface area contributed by atoms with Crippen molar-refractivity contribution in [2.75, 3.05) is 20.2 Å². The second-order valence-electron chi connectivity index (χ2n) is 4.52. The Morgan fingerprint density at radius 3 is 2.83 bits per heavy atom. The third-order valence-corrected chi connectivity index (χ3v) is 2.87. The van der Waals surface area contributed by atoms with E-state index in [-0.39, 0.29) is 29.8 Å². The fourth-order valence-electron chi connectivity index (χ4n) is 1.82. The van der Waals surface area contributed by atoms with Crippen LogP contribution in [-0.2, 0) is 6.54 Å². The van der Waals surface area contributed by atoms with Gasteiger partial charge < -0.3 is 15.4 Å². The Labute approximate surface area is 152 Å². The first-order valence-corrected chi connectivity index (χ1v) is 7.00. The first-order chi connectivity index (χ1) is 10.8. The summed E-state index contributed by atoms with van der Waals surface area (Å²) in [6, 6.07) is 10.1. The Hall–Kier alpha value is -1.90. The Morgan fingerprint density at radius 1 is 1.26 bits per heavy atom. The van der Waals surface area contributed by atoms with Crippen LogP contribution in [0.3, 0.4) is 0 Å². The van der Waals surface area contributed by atoms with E-state index >= 15 is 0 Å². The van der Waals surface area contributed by atoms with Crippen LogP contribution >= 0.6 is 24.0 Å². The highest BCUT2D eigenvalue weighted by atomic mass is 127. The molecule has 2 aromatic rings. The summed E-state index contributed by atoms with van der Waals surface area (Å²) >= 11 is 0. The molecule has 0 radical (unpaired) electrons. The van der Waals surface area contributed by atoms with E-state index in [0.29, 0.717) is 25.7 Å².